The lowest BCUT2D eigenvalue weighted by molar-refractivity contribution is -0.0468. The quantitative estimate of drug-likeness (QED) is 0.898. The van der Waals surface area contributed by atoms with Gasteiger partial charge in [-0.05, 0) is 38.5 Å². The van der Waals surface area contributed by atoms with Gasteiger partial charge < -0.3 is 15.0 Å². The molecular formula is C15H26ClN3O2. The van der Waals surface area contributed by atoms with Crippen molar-refractivity contribution < 1.29 is 9.26 Å². The Labute approximate surface area is 132 Å². The molecule has 0 spiro atoms. The molecule has 2 N–H and O–H groups in total. The van der Waals surface area contributed by atoms with Crippen LogP contribution >= 0.6 is 12.4 Å². The van der Waals surface area contributed by atoms with Gasteiger partial charge in [-0.3, -0.25) is 0 Å². The monoisotopic (exact) mass is 315 g/mol. The standard InChI is InChI=1S/C15H25N3O2.ClH/c1-2-12(19-11-7-4-3-5-8-11)13-17-14(18-20-13)15(16)9-6-10-15;/h11-12H,2-10,16H2,1H3;1H. The molecule has 0 aliphatic heterocycles. The number of ether oxygens (including phenoxy) is 1. The third kappa shape index (κ3) is 3.58. The molecule has 120 valence electrons. The maximum atomic E-state index is 6.24. The zero-order valence-electron chi connectivity index (χ0n) is 12.7. The number of hydrogen-bond donors (Lipinski definition) is 1. The molecule has 0 saturated heterocycles. The highest BCUT2D eigenvalue weighted by Gasteiger charge is 2.39. The molecular weight excluding hydrogens is 290 g/mol. The fourth-order valence-electron chi connectivity index (χ4n) is 3.11. The highest BCUT2D eigenvalue weighted by Crippen LogP contribution is 2.38. The second-order valence-corrected chi connectivity index (χ2v) is 6.26. The summed E-state index contributed by atoms with van der Waals surface area (Å²) in [6.07, 6.45) is 10.3. The van der Waals surface area contributed by atoms with E-state index in [4.69, 9.17) is 15.0 Å². The summed E-state index contributed by atoms with van der Waals surface area (Å²) < 4.78 is 11.6. The number of rotatable bonds is 5. The van der Waals surface area contributed by atoms with Crippen molar-refractivity contribution in [2.45, 2.75) is 82.5 Å². The van der Waals surface area contributed by atoms with E-state index in [0.717, 1.165) is 38.5 Å². The van der Waals surface area contributed by atoms with E-state index >= 15 is 0 Å². The average Bonchev–Trinajstić information content (AvgIpc) is 2.93. The van der Waals surface area contributed by atoms with Crippen molar-refractivity contribution in [2.24, 2.45) is 5.73 Å². The van der Waals surface area contributed by atoms with E-state index in [1.54, 1.807) is 0 Å². The molecule has 2 saturated carbocycles. The Hall–Kier alpha value is -0.650. The van der Waals surface area contributed by atoms with Gasteiger partial charge in [-0.1, -0.05) is 31.3 Å². The van der Waals surface area contributed by atoms with Crippen LogP contribution in [0.3, 0.4) is 0 Å². The summed E-state index contributed by atoms with van der Waals surface area (Å²) in [4.78, 5) is 4.51. The Morgan fingerprint density at radius 1 is 1.29 bits per heavy atom. The molecule has 5 nitrogen and oxygen atoms in total. The number of nitrogens with two attached hydrogens (primary N) is 1. The van der Waals surface area contributed by atoms with E-state index in [-0.39, 0.29) is 24.0 Å². The Morgan fingerprint density at radius 2 is 2.00 bits per heavy atom. The van der Waals surface area contributed by atoms with Crippen molar-refractivity contribution in [3.8, 4) is 0 Å². The minimum absolute atomic E-state index is 0. The molecule has 2 aliphatic rings. The number of nitrogens with zero attached hydrogens (tertiary/aromatic N) is 2. The van der Waals surface area contributed by atoms with Gasteiger partial charge in [-0.15, -0.1) is 12.4 Å². The van der Waals surface area contributed by atoms with E-state index in [1.165, 1.54) is 19.3 Å². The molecule has 1 aromatic heterocycles. The summed E-state index contributed by atoms with van der Waals surface area (Å²) in [5.74, 6) is 1.26. The van der Waals surface area contributed by atoms with E-state index in [0.29, 0.717) is 17.8 Å². The molecule has 0 bridgehead atoms. The normalized spacial score (nSPS) is 23.1. The first-order chi connectivity index (χ1) is 9.71. The van der Waals surface area contributed by atoms with Crippen molar-refractivity contribution in [2.75, 3.05) is 0 Å². The lowest BCUT2D eigenvalue weighted by Crippen LogP contribution is -2.44. The summed E-state index contributed by atoms with van der Waals surface area (Å²) in [6, 6.07) is 0. The highest BCUT2D eigenvalue weighted by atomic mass is 35.5. The van der Waals surface area contributed by atoms with Crippen LogP contribution in [0.2, 0.25) is 0 Å². The second-order valence-electron chi connectivity index (χ2n) is 6.26. The first-order valence-corrected chi connectivity index (χ1v) is 8.00. The first-order valence-electron chi connectivity index (χ1n) is 8.00. The molecule has 1 unspecified atom stereocenters. The van der Waals surface area contributed by atoms with Crippen LogP contribution in [0.5, 0.6) is 0 Å². The van der Waals surface area contributed by atoms with Crippen LogP contribution in [0.15, 0.2) is 4.52 Å². The van der Waals surface area contributed by atoms with Gasteiger partial charge in [0.1, 0.15) is 6.10 Å². The van der Waals surface area contributed by atoms with Gasteiger partial charge in [0.2, 0.25) is 0 Å². The second kappa shape index (κ2) is 7.07. The summed E-state index contributed by atoms with van der Waals surface area (Å²) in [5.41, 5.74) is 5.88. The fraction of sp³-hybridized carbons (Fsp3) is 0.867. The third-order valence-electron chi connectivity index (χ3n) is 4.69. The third-order valence-corrected chi connectivity index (χ3v) is 4.69. The summed E-state index contributed by atoms with van der Waals surface area (Å²) in [6.45, 7) is 2.10. The Balaban J connectivity index is 0.00000161. The van der Waals surface area contributed by atoms with E-state index < -0.39 is 0 Å². The molecule has 0 radical (unpaired) electrons. The van der Waals surface area contributed by atoms with E-state index in [1.807, 2.05) is 0 Å². The Bertz CT molecular complexity index is 442. The maximum Gasteiger partial charge on any atom is 0.255 e. The van der Waals surface area contributed by atoms with Gasteiger partial charge >= 0.3 is 0 Å². The van der Waals surface area contributed by atoms with Gasteiger partial charge in [0.25, 0.3) is 5.89 Å². The number of hydrogen-bond acceptors (Lipinski definition) is 5. The molecule has 6 heteroatoms. The zero-order chi connectivity index (χ0) is 14.0. The predicted octanol–water partition coefficient (Wildman–Crippen LogP) is 3.63. The van der Waals surface area contributed by atoms with Crippen molar-refractivity contribution in [3.63, 3.8) is 0 Å². The molecule has 2 fully saturated rings. The number of aromatic nitrogens is 2. The molecule has 1 atom stereocenters. The molecule has 3 rings (SSSR count). The lowest BCUT2D eigenvalue weighted by atomic mass is 9.77. The van der Waals surface area contributed by atoms with Crippen LogP contribution in [0.1, 0.15) is 82.5 Å². The van der Waals surface area contributed by atoms with Gasteiger partial charge in [0.15, 0.2) is 5.82 Å². The van der Waals surface area contributed by atoms with Crippen molar-refractivity contribution in [1.82, 2.24) is 10.1 Å². The predicted molar refractivity (Wildman–Crippen MR) is 82.3 cm³/mol. The van der Waals surface area contributed by atoms with Gasteiger partial charge in [-0.25, -0.2) is 0 Å². The van der Waals surface area contributed by atoms with Crippen LogP contribution < -0.4 is 5.73 Å². The molecule has 2 aliphatic carbocycles. The number of halogens is 1. The minimum Gasteiger partial charge on any atom is -0.365 e. The molecule has 21 heavy (non-hydrogen) atoms. The summed E-state index contributed by atoms with van der Waals surface area (Å²) in [5, 5.41) is 4.08. The van der Waals surface area contributed by atoms with Crippen LogP contribution in [-0.2, 0) is 10.3 Å². The highest BCUT2D eigenvalue weighted by molar-refractivity contribution is 5.85. The summed E-state index contributed by atoms with van der Waals surface area (Å²) >= 11 is 0. The lowest BCUT2D eigenvalue weighted by Gasteiger charge is -2.34. The van der Waals surface area contributed by atoms with Gasteiger partial charge in [0, 0.05) is 0 Å². The maximum absolute atomic E-state index is 6.24. The SMILES string of the molecule is CCC(OC1CCCCC1)c1nc(C2(N)CCC2)no1.Cl. The zero-order valence-corrected chi connectivity index (χ0v) is 13.5. The topological polar surface area (TPSA) is 74.2 Å². The summed E-state index contributed by atoms with van der Waals surface area (Å²) in [7, 11) is 0. The van der Waals surface area contributed by atoms with E-state index in [2.05, 4.69) is 17.1 Å². The molecule has 0 aromatic carbocycles. The van der Waals surface area contributed by atoms with Crippen molar-refractivity contribution >= 4 is 12.4 Å². The Morgan fingerprint density at radius 3 is 2.57 bits per heavy atom. The van der Waals surface area contributed by atoms with Crippen LogP contribution in [0, 0.1) is 0 Å². The first kappa shape index (κ1) is 16.7. The van der Waals surface area contributed by atoms with Crippen LogP contribution in [0.25, 0.3) is 0 Å². The van der Waals surface area contributed by atoms with Gasteiger partial charge in [-0.2, -0.15) is 4.98 Å². The average molecular weight is 316 g/mol. The van der Waals surface area contributed by atoms with Crippen LogP contribution in [0.4, 0.5) is 0 Å². The molecule has 0 amide bonds. The van der Waals surface area contributed by atoms with E-state index in [9.17, 15) is 0 Å². The van der Waals surface area contributed by atoms with Crippen LogP contribution in [-0.4, -0.2) is 16.2 Å². The smallest absolute Gasteiger partial charge is 0.255 e. The van der Waals surface area contributed by atoms with Crippen molar-refractivity contribution in [3.05, 3.63) is 11.7 Å². The van der Waals surface area contributed by atoms with Crippen molar-refractivity contribution in [1.29, 1.82) is 0 Å². The minimum atomic E-state index is -0.356. The molecule has 1 aromatic rings. The molecule has 1 heterocycles. The fourth-order valence-corrected chi connectivity index (χ4v) is 3.11. The van der Waals surface area contributed by atoms with Gasteiger partial charge in [0.05, 0.1) is 11.6 Å². The Kier molecular flexibility index (Phi) is 5.63. The largest absolute Gasteiger partial charge is 0.365 e.